The maximum atomic E-state index is 12.6. The van der Waals surface area contributed by atoms with E-state index < -0.39 is 11.7 Å². The van der Waals surface area contributed by atoms with E-state index in [1.807, 2.05) is 0 Å². The molecule has 2 aromatic rings. The van der Waals surface area contributed by atoms with Gasteiger partial charge in [-0.05, 0) is 29.8 Å². The van der Waals surface area contributed by atoms with Crippen LogP contribution in [0.1, 0.15) is 11.1 Å². The van der Waals surface area contributed by atoms with Crippen molar-refractivity contribution in [2.24, 2.45) is 0 Å². The van der Waals surface area contributed by atoms with Crippen molar-refractivity contribution in [3.05, 3.63) is 58.6 Å². The van der Waals surface area contributed by atoms with Gasteiger partial charge < -0.3 is 14.8 Å². The molecule has 0 aromatic heterocycles. The van der Waals surface area contributed by atoms with Crippen LogP contribution in [0, 0.1) is 0 Å². The Morgan fingerprint density at radius 3 is 2.33 bits per heavy atom. The highest BCUT2D eigenvalue weighted by Gasteiger charge is 2.29. The highest BCUT2D eigenvalue weighted by atomic mass is 35.5. The van der Waals surface area contributed by atoms with Crippen LogP contribution in [0.25, 0.3) is 0 Å². The molecule has 0 unspecified atom stereocenters. The summed E-state index contributed by atoms with van der Waals surface area (Å²) < 4.78 is 49.2. The van der Waals surface area contributed by atoms with Crippen LogP contribution in [0.5, 0.6) is 11.5 Å². The van der Waals surface area contributed by atoms with Crippen molar-refractivity contribution >= 4 is 11.6 Å². The van der Waals surface area contributed by atoms with Crippen LogP contribution in [0.2, 0.25) is 5.02 Å². The maximum absolute atomic E-state index is 12.6. The minimum Gasteiger partial charge on any atom is -0.485 e. The summed E-state index contributed by atoms with van der Waals surface area (Å²) in [7, 11) is 0. The van der Waals surface area contributed by atoms with Gasteiger partial charge in [-0.3, -0.25) is 0 Å². The predicted octanol–water partition coefficient (Wildman–Crippen LogP) is 4.29. The summed E-state index contributed by atoms with van der Waals surface area (Å²) in [5, 5.41) is 3.63. The zero-order valence-electron chi connectivity index (χ0n) is 12.6. The molecule has 0 atom stereocenters. The molecular weight excluding hydrogens is 343 g/mol. The number of hydrogen-bond acceptors (Lipinski definition) is 3. The number of alkyl halides is 3. The Morgan fingerprint density at radius 1 is 1.04 bits per heavy atom. The second kappa shape index (κ2) is 6.91. The third kappa shape index (κ3) is 4.13. The van der Waals surface area contributed by atoms with Crippen LogP contribution in [-0.4, -0.2) is 19.2 Å². The molecule has 24 heavy (non-hydrogen) atoms. The van der Waals surface area contributed by atoms with Crippen molar-refractivity contribution in [2.45, 2.75) is 18.9 Å². The zero-order chi connectivity index (χ0) is 17.2. The van der Waals surface area contributed by atoms with Crippen LogP contribution in [0.4, 0.5) is 13.2 Å². The van der Waals surface area contributed by atoms with Gasteiger partial charge in [-0.15, -0.1) is 0 Å². The van der Waals surface area contributed by atoms with E-state index in [2.05, 4.69) is 5.32 Å². The second-order valence-corrected chi connectivity index (χ2v) is 5.91. The molecule has 0 bridgehead atoms. The molecule has 7 heteroatoms. The van der Waals surface area contributed by atoms with Crippen LogP contribution in [0.15, 0.2) is 42.5 Å². The van der Waals surface area contributed by atoms with Gasteiger partial charge in [-0.25, -0.2) is 0 Å². The topological polar surface area (TPSA) is 30.5 Å². The molecule has 0 amide bonds. The SMILES string of the molecule is FC(F)(F)c1ccc(COc2ccc(Cl)cc2OC2CNC2)cc1. The number of ether oxygens (including phenoxy) is 2. The highest BCUT2D eigenvalue weighted by Crippen LogP contribution is 2.33. The largest absolute Gasteiger partial charge is 0.485 e. The number of rotatable bonds is 5. The van der Waals surface area contributed by atoms with Gasteiger partial charge in [0, 0.05) is 24.2 Å². The first-order valence-electron chi connectivity index (χ1n) is 7.38. The third-order valence-corrected chi connectivity index (χ3v) is 3.85. The lowest BCUT2D eigenvalue weighted by molar-refractivity contribution is -0.137. The van der Waals surface area contributed by atoms with E-state index in [1.165, 1.54) is 12.1 Å². The first-order valence-corrected chi connectivity index (χ1v) is 7.75. The van der Waals surface area contributed by atoms with Crippen molar-refractivity contribution in [3.8, 4) is 11.5 Å². The lowest BCUT2D eigenvalue weighted by Gasteiger charge is -2.28. The fourth-order valence-corrected chi connectivity index (χ4v) is 2.33. The van der Waals surface area contributed by atoms with Crippen molar-refractivity contribution in [1.82, 2.24) is 5.32 Å². The predicted molar refractivity (Wildman–Crippen MR) is 84.5 cm³/mol. The molecule has 0 aliphatic carbocycles. The highest BCUT2D eigenvalue weighted by molar-refractivity contribution is 6.30. The van der Waals surface area contributed by atoms with E-state index in [1.54, 1.807) is 18.2 Å². The van der Waals surface area contributed by atoms with E-state index in [0.717, 1.165) is 25.2 Å². The lowest BCUT2D eigenvalue weighted by atomic mass is 10.1. The molecule has 3 rings (SSSR count). The van der Waals surface area contributed by atoms with E-state index in [0.29, 0.717) is 22.1 Å². The molecule has 1 aliphatic heterocycles. The molecule has 1 fully saturated rings. The lowest BCUT2D eigenvalue weighted by Crippen LogP contribution is -2.50. The molecule has 3 nitrogen and oxygen atoms in total. The summed E-state index contributed by atoms with van der Waals surface area (Å²) in [6.45, 7) is 1.65. The van der Waals surface area contributed by atoms with E-state index in [4.69, 9.17) is 21.1 Å². The molecule has 1 heterocycles. The van der Waals surface area contributed by atoms with Crippen molar-refractivity contribution in [3.63, 3.8) is 0 Å². The van der Waals surface area contributed by atoms with E-state index >= 15 is 0 Å². The number of hydrogen-bond donors (Lipinski definition) is 1. The van der Waals surface area contributed by atoms with Gasteiger partial charge in [0.1, 0.15) is 12.7 Å². The first kappa shape index (κ1) is 16.9. The molecule has 0 radical (unpaired) electrons. The van der Waals surface area contributed by atoms with Gasteiger partial charge in [0.05, 0.1) is 5.56 Å². The van der Waals surface area contributed by atoms with Gasteiger partial charge in [0.25, 0.3) is 0 Å². The molecule has 128 valence electrons. The average molecular weight is 358 g/mol. The summed E-state index contributed by atoms with van der Waals surface area (Å²) in [6.07, 6.45) is -4.27. The standard InChI is InChI=1S/C17H15ClF3NO2/c18-13-5-6-15(16(7-13)24-14-8-22-9-14)23-10-11-1-3-12(4-2-11)17(19,20)21/h1-7,14,22H,8-10H2. The Balaban J connectivity index is 1.67. The Bertz CT molecular complexity index is 700. The van der Waals surface area contributed by atoms with Crippen LogP contribution in [-0.2, 0) is 12.8 Å². The van der Waals surface area contributed by atoms with Gasteiger partial charge >= 0.3 is 6.18 Å². The Labute approximate surface area is 142 Å². The zero-order valence-corrected chi connectivity index (χ0v) is 13.3. The fourth-order valence-electron chi connectivity index (χ4n) is 2.17. The summed E-state index contributed by atoms with van der Waals surface area (Å²) in [6, 6.07) is 9.91. The summed E-state index contributed by atoms with van der Waals surface area (Å²) >= 11 is 5.98. The Kier molecular flexibility index (Phi) is 4.87. The quantitative estimate of drug-likeness (QED) is 0.866. The normalized spacial score (nSPS) is 15.0. The van der Waals surface area contributed by atoms with Gasteiger partial charge in [-0.1, -0.05) is 23.7 Å². The fraction of sp³-hybridized carbons (Fsp3) is 0.294. The number of benzene rings is 2. The van der Waals surface area contributed by atoms with Gasteiger partial charge in [-0.2, -0.15) is 13.2 Å². The maximum Gasteiger partial charge on any atom is 0.416 e. The Morgan fingerprint density at radius 2 is 1.75 bits per heavy atom. The second-order valence-electron chi connectivity index (χ2n) is 5.47. The van der Waals surface area contributed by atoms with Crippen LogP contribution >= 0.6 is 11.6 Å². The van der Waals surface area contributed by atoms with Crippen molar-refractivity contribution in [2.75, 3.05) is 13.1 Å². The van der Waals surface area contributed by atoms with E-state index in [-0.39, 0.29) is 12.7 Å². The summed E-state index contributed by atoms with van der Waals surface area (Å²) in [5.41, 5.74) is -0.0477. The smallest absolute Gasteiger partial charge is 0.416 e. The summed E-state index contributed by atoms with van der Waals surface area (Å²) in [4.78, 5) is 0. The molecule has 0 spiro atoms. The molecular formula is C17H15ClF3NO2. The molecule has 0 saturated carbocycles. The average Bonchev–Trinajstić information content (AvgIpc) is 2.49. The number of nitrogens with one attached hydrogen (secondary N) is 1. The minimum atomic E-state index is -4.34. The first-order chi connectivity index (χ1) is 11.4. The summed E-state index contributed by atoms with van der Waals surface area (Å²) in [5.74, 6) is 1.03. The number of halogens is 4. The minimum absolute atomic E-state index is 0.0666. The molecule has 1 saturated heterocycles. The Hall–Kier alpha value is -1.92. The molecule has 2 aromatic carbocycles. The van der Waals surface area contributed by atoms with E-state index in [9.17, 15) is 13.2 Å². The molecule has 1 aliphatic rings. The third-order valence-electron chi connectivity index (χ3n) is 3.62. The molecule has 1 N–H and O–H groups in total. The van der Waals surface area contributed by atoms with Gasteiger partial charge in [0.15, 0.2) is 11.5 Å². The van der Waals surface area contributed by atoms with Gasteiger partial charge in [0.2, 0.25) is 0 Å². The van der Waals surface area contributed by atoms with Crippen LogP contribution < -0.4 is 14.8 Å². The monoisotopic (exact) mass is 357 g/mol. The van der Waals surface area contributed by atoms with Crippen molar-refractivity contribution < 1.29 is 22.6 Å². The van der Waals surface area contributed by atoms with Crippen LogP contribution in [0.3, 0.4) is 0 Å². The van der Waals surface area contributed by atoms with Crippen molar-refractivity contribution in [1.29, 1.82) is 0 Å².